The molecule has 3 amide bonds. The van der Waals surface area contributed by atoms with Gasteiger partial charge in [-0.05, 0) is 48.9 Å². The Labute approximate surface area is 368 Å². The number of carbonyl (C=O) groups excluding carboxylic acids is 4. The smallest absolute Gasteiger partial charge is 1.00 e. The molecule has 2 unspecified atom stereocenters. The molecule has 2 aromatic rings. The van der Waals surface area contributed by atoms with Gasteiger partial charge in [0.1, 0.15) is 11.9 Å². The van der Waals surface area contributed by atoms with Gasteiger partial charge in [-0.2, -0.15) is 0 Å². The van der Waals surface area contributed by atoms with Gasteiger partial charge in [0.25, 0.3) is 11.8 Å². The zero-order chi connectivity index (χ0) is 33.6. The number of aromatic carboxylic acids is 2. The molecule has 0 spiro atoms. The molecular weight excluding hydrogens is 675 g/mol. The number of rotatable bonds is 20. The number of likely N-dealkylation sites (tertiary alicyclic amines) is 1. The van der Waals surface area contributed by atoms with Crippen LogP contribution in [0.2, 0.25) is 0 Å². The summed E-state index contributed by atoms with van der Waals surface area (Å²) >= 11 is 0. The largest absolute Gasteiger partial charge is 1.00 e. The summed E-state index contributed by atoms with van der Waals surface area (Å²) in [6.45, 7) is 2.71. The standard InChI is InChI=1S/C34H42N2O10.2K.2H/c1-3-4-5-6-7-8-9-10-11-12-17-46-26-15-13-22(14-16-26)30(38)29(36-28(37)21-27(45-2)32(36)40)31(39)35-25-19-23(33(41)42)18-24(20-25)34(43)44;;;;/h13-16,18-20,27,29H,3-12,17,21H2,1-2H3,(H,35,39)(H,41,42)(H,43,44);;;;/q;2*+1;2*-1. The Balaban J connectivity index is 0. The number of amides is 3. The summed E-state index contributed by atoms with van der Waals surface area (Å²) in [7, 11) is 1.22. The number of carboxylic acids is 2. The summed E-state index contributed by atoms with van der Waals surface area (Å²) in [4.78, 5) is 76.6. The van der Waals surface area contributed by atoms with E-state index < -0.39 is 58.7 Å². The molecule has 1 aliphatic heterocycles. The quantitative estimate of drug-likeness (QED) is 0.0536. The van der Waals surface area contributed by atoms with E-state index in [4.69, 9.17) is 9.47 Å². The van der Waals surface area contributed by atoms with Crippen molar-refractivity contribution >= 4 is 41.1 Å². The van der Waals surface area contributed by atoms with Gasteiger partial charge >= 0.3 is 115 Å². The number of Topliss-reactive ketones (excluding diaryl/α,β-unsaturated/α-hetero) is 1. The fourth-order valence-electron chi connectivity index (χ4n) is 5.24. The molecule has 2 atom stereocenters. The predicted octanol–water partition coefficient (Wildman–Crippen LogP) is -0.420. The van der Waals surface area contributed by atoms with Crippen LogP contribution in [0, 0.1) is 0 Å². The summed E-state index contributed by atoms with van der Waals surface area (Å²) in [6, 6.07) is 6.88. The van der Waals surface area contributed by atoms with Gasteiger partial charge in [0.2, 0.25) is 5.91 Å². The number of imide groups is 1. The van der Waals surface area contributed by atoms with E-state index in [1.165, 1.54) is 64.2 Å². The number of ketones is 1. The van der Waals surface area contributed by atoms with Crippen molar-refractivity contribution in [2.24, 2.45) is 0 Å². The third-order valence-corrected chi connectivity index (χ3v) is 7.78. The Morgan fingerprint density at radius 2 is 1.35 bits per heavy atom. The molecule has 0 bridgehead atoms. The van der Waals surface area contributed by atoms with Crippen LogP contribution < -0.4 is 113 Å². The molecule has 14 heteroatoms. The van der Waals surface area contributed by atoms with Gasteiger partial charge < -0.3 is 27.9 Å². The first-order valence-corrected chi connectivity index (χ1v) is 15.7. The molecule has 0 saturated carbocycles. The van der Waals surface area contributed by atoms with Crippen molar-refractivity contribution in [2.75, 3.05) is 19.0 Å². The minimum absolute atomic E-state index is 0. The van der Waals surface area contributed by atoms with E-state index in [-0.39, 0.29) is 123 Å². The van der Waals surface area contributed by atoms with Gasteiger partial charge in [-0.15, -0.1) is 0 Å². The molecule has 3 rings (SSSR count). The van der Waals surface area contributed by atoms with Crippen LogP contribution in [-0.2, 0) is 19.1 Å². The van der Waals surface area contributed by atoms with Crippen LogP contribution in [0.1, 0.15) is 111 Å². The van der Waals surface area contributed by atoms with Gasteiger partial charge in [0.05, 0.1) is 24.2 Å². The summed E-state index contributed by atoms with van der Waals surface area (Å²) in [5, 5.41) is 21.1. The maximum Gasteiger partial charge on any atom is 1.00 e. The first kappa shape index (κ1) is 44.7. The number of unbranched alkanes of at least 4 members (excludes halogenated alkanes) is 9. The van der Waals surface area contributed by atoms with E-state index in [0.717, 1.165) is 37.5 Å². The zero-order valence-corrected chi connectivity index (χ0v) is 34.5. The molecule has 0 aromatic heterocycles. The van der Waals surface area contributed by atoms with Crippen LogP contribution in [-0.4, -0.2) is 76.4 Å². The van der Waals surface area contributed by atoms with Crippen molar-refractivity contribution in [3.8, 4) is 5.75 Å². The molecule has 12 nitrogen and oxygen atoms in total. The molecular formula is C34H44K2N2O10. The van der Waals surface area contributed by atoms with Crippen LogP contribution in [0.5, 0.6) is 5.75 Å². The van der Waals surface area contributed by atoms with Gasteiger partial charge in [0, 0.05) is 18.4 Å². The number of ether oxygens (including phenoxy) is 2. The second kappa shape index (κ2) is 23.2. The molecule has 0 radical (unpaired) electrons. The molecule has 1 saturated heterocycles. The number of hydrogen-bond acceptors (Lipinski definition) is 8. The summed E-state index contributed by atoms with van der Waals surface area (Å²) in [6.07, 6.45) is 10.4. The average Bonchev–Trinajstić information content (AvgIpc) is 3.32. The van der Waals surface area contributed by atoms with Crippen molar-refractivity contribution in [1.82, 2.24) is 4.90 Å². The molecule has 2 aromatic carbocycles. The summed E-state index contributed by atoms with van der Waals surface area (Å²) in [5.74, 6) is -6.11. The van der Waals surface area contributed by atoms with Crippen molar-refractivity contribution in [2.45, 2.75) is 89.7 Å². The van der Waals surface area contributed by atoms with E-state index in [1.807, 2.05) is 0 Å². The van der Waals surface area contributed by atoms with E-state index in [0.29, 0.717) is 17.3 Å². The minimum atomic E-state index is -1.97. The number of nitrogens with zero attached hydrogens (tertiary/aromatic N) is 1. The summed E-state index contributed by atoms with van der Waals surface area (Å²) in [5.41, 5.74) is -1.10. The van der Waals surface area contributed by atoms with Crippen molar-refractivity contribution in [3.63, 3.8) is 0 Å². The fraction of sp³-hybridized carbons (Fsp3) is 0.471. The maximum absolute atomic E-state index is 13.7. The van der Waals surface area contributed by atoms with E-state index in [9.17, 15) is 39.0 Å². The molecule has 3 N–H and O–H groups in total. The van der Waals surface area contributed by atoms with Gasteiger partial charge in [0.15, 0.2) is 11.8 Å². The van der Waals surface area contributed by atoms with Crippen molar-refractivity contribution in [3.05, 3.63) is 59.2 Å². The Morgan fingerprint density at radius 3 is 1.83 bits per heavy atom. The van der Waals surface area contributed by atoms with Gasteiger partial charge in [-0.1, -0.05) is 64.7 Å². The topological polar surface area (TPSA) is 177 Å². The van der Waals surface area contributed by atoms with Crippen LogP contribution in [0.25, 0.3) is 0 Å². The van der Waals surface area contributed by atoms with Gasteiger partial charge in [-0.25, -0.2) is 9.59 Å². The Kier molecular flexibility index (Phi) is 21.6. The van der Waals surface area contributed by atoms with Crippen LogP contribution in [0.4, 0.5) is 5.69 Å². The van der Waals surface area contributed by atoms with Crippen molar-refractivity contribution in [1.29, 1.82) is 0 Å². The first-order valence-electron chi connectivity index (χ1n) is 15.7. The number of anilines is 1. The number of methoxy groups -OCH3 is 1. The van der Waals surface area contributed by atoms with Crippen molar-refractivity contribution < 1.29 is 154 Å². The van der Waals surface area contributed by atoms with Crippen LogP contribution >= 0.6 is 0 Å². The monoisotopic (exact) mass is 718 g/mol. The molecule has 252 valence electrons. The Bertz CT molecular complexity index is 1400. The van der Waals surface area contributed by atoms with E-state index >= 15 is 0 Å². The van der Waals surface area contributed by atoms with Crippen LogP contribution in [0.3, 0.4) is 0 Å². The Hall–Kier alpha value is -1.31. The molecule has 1 fully saturated rings. The van der Waals surface area contributed by atoms with Crippen LogP contribution in [0.15, 0.2) is 42.5 Å². The first-order chi connectivity index (χ1) is 22.1. The number of benzene rings is 2. The second-order valence-electron chi connectivity index (χ2n) is 11.3. The number of nitrogens with one attached hydrogen (secondary N) is 1. The normalized spacial score (nSPS) is 14.5. The zero-order valence-electron chi connectivity index (χ0n) is 30.3. The van der Waals surface area contributed by atoms with E-state index in [1.54, 1.807) is 12.1 Å². The molecule has 48 heavy (non-hydrogen) atoms. The molecule has 0 aliphatic carbocycles. The summed E-state index contributed by atoms with van der Waals surface area (Å²) < 4.78 is 10.8. The average molecular weight is 719 g/mol. The Morgan fingerprint density at radius 1 is 0.833 bits per heavy atom. The third-order valence-electron chi connectivity index (χ3n) is 7.78. The number of carboxylic acid groups (broad SMARTS) is 2. The molecule has 1 heterocycles. The SMILES string of the molecule is CCCCCCCCCCCCOc1ccc(C(=O)C(C(=O)Nc2cc(C(=O)O)cc(C(=O)O)c2)N2C(=O)CC(OC)C2=O)cc1.[H-].[H-].[K+].[K+]. The molecule has 1 aliphatic rings. The third kappa shape index (κ3) is 13.4. The minimum Gasteiger partial charge on any atom is -1.00 e. The number of carbonyl (C=O) groups is 6. The second-order valence-corrected chi connectivity index (χ2v) is 11.3. The maximum atomic E-state index is 13.7. The predicted molar refractivity (Wildman–Crippen MR) is 170 cm³/mol. The van der Waals surface area contributed by atoms with E-state index in [2.05, 4.69) is 12.2 Å². The number of hydrogen-bond donors (Lipinski definition) is 3. The fourth-order valence-corrected chi connectivity index (χ4v) is 5.24. The van der Waals surface area contributed by atoms with Gasteiger partial charge in [-0.3, -0.25) is 24.1 Å².